The molecule has 0 aromatic heterocycles. The molecule has 0 aromatic carbocycles. The summed E-state index contributed by atoms with van der Waals surface area (Å²) >= 11 is 0. The Morgan fingerprint density at radius 2 is 1.48 bits per heavy atom. The van der Waals surface area contributed by atoms with E-state index < -0.39 is 9.84 Å². The van der Waals surface area contributed by atoms with Gasteiger partial charge in [-0.1, -0.05) is 12.8 Å². The summed E-state index contributed by atoms with van der Waals surface area (Å²) in [5, 5.41) is 7.50. The van der Waals surface area contributed by atoms with Crippen molar-refractivity contribution in [2.45, 2.75) is 68.8 Å². The lowest BCUT2D eigenvalue weighted by Crippen LogP contribution is -2.63. The minimum absolute atomic E-state index is 0.0993. The molecule has 6 heteroatoms. The molecule has 0 aromatic rings. The Labute approximate surface area is 153 Å². The zero-order valence-electron chi connectivity index (χ0n) is 15.6. The molecule has 2 saturated carbocycles. The first-order valence-corrected chi connectivity index (χ1v) is 12.4. The summed E-state index contributed by atoms with van der Waals surface area (Å²) in [7, 11) is -2.86. The van der Waals surface area contributed by atoms with Crippen molar-refractivity contribution in [1.82, 2.24) is 15.5 Å². The molecule has 0 amide bonds. The van der Waals surface area contributed by atoms with E-state index in [0.29, 0.717) is 18.1 Å². The van der Waals surface area contributed by atoms with Crippen molar-refractivity contribution >= 4 is 9.84 Å². The average Bonchev–Trinajstić information content (AvgIpc) is 3.05. The lowest BCUT2D eigenvalue weighted by Gasteiger charge is -2.42. The molecule has 2 heterocycles. The average molecular weight is 370 g/mol. The van der Waals surface area contributed by atoms with E-state index in [1.807, 2.05) is 0 Å². The molecular formula is C19H35N3O2S. The third kappa shape index (κ3) is 4.07. The highest BCUT2D eigenvalue weighted by molar-refractivity contribution is 7.91. The molecule has 25 heavy (non-hydrogen) atoms. The highest BCUT2D eigenvalue weighted by Gasteiger charge is 2.40. The van der Waals surface area contributed by atoms with Gasteiger partial charge in [-0.25, -0.2) is 8.42 Å². The molecule has 4 atom stereocenters. The quantitative estimate of drug-likeness (QED) is 0.791. The van der Waals surface area contributed by atoms with Crippen molar-refractivity contribution in [2.75, 3.05) is 32.4 Å². The van der Waals surface area contributed by atoms with Crippen LogP contribution in [0.3, 0.4) is 0 Å². The Bertz CT molecular complexity index is 545. The lowest BCUT2D eigenvalue weighted by molar-refractivity contribution is 0.118. The summed E-state index contributed by atoms with van der Waals surface area (Å²) in [4.78, 5) is 2.70. The molecule has 4 unspecified atom stereocenters. The predicted octanol–water partition coefficient (Wildman–Crippen LogP) is 1.60. The third-order valence-corrected chi connectivity index (χ3v) is 9.13. The van der Waals surface area contributed by atoms with Gasteiger partial charge in [-0.3, -0.25) is 10.2 Å². The molecule has 5 nitrogen and oxygen atoms in total. The number of sulfone groups is 1. The van der Waals surface area contributed by atoms with Crippen molar-refractivity contribution in [2.24, 2.45) is 17.8 Å². The molecule has 0 radical (unpaired) electrons. The molecule has 2 aliphatic heterocycles. The Balaban J connectivity index is 1.31. The zero-order chi connectivity index (χ0) is 17.4. The van der Waals surface area contributed by atoms with Crippen molar-refractivity contribution in [1.29, 1.82) is 0 Å². The van der Waals surface area contributed by atoms with E-state index in [9.17, 15) is 8.42 Å². The van der Waals surface area contributed by atoms with E-state index >= 15 is 0 Å². The second-order valence-electron chi connectivity index (χ2n) is 9.07. The van der Waals surface area contributed by atoms with E-state index in [-0.39, 0.29) is 5.25 Å². The Morgan fingerprint density at radius 3 is 2.08 bits per heavy atom. The maximum Gasteiger partial charge on any atom is 0.150 e. The number of rotatable bonds is 3. The van der Waals surface area contributed by atoms with Crippen molar-refractivity contribution < 1.29 is 8.42 Å². The Kier molecular flexibility index (Phi) is 5.43. The largest absolute Gasteiger partial charge is 0.312 e. The maximum absolute atomic E-state index is 11.8. The first-order valence-electron chi connectivity index (χ1n) is 10.4. The topological polar surface area (TPSA) is 61.4 Å². The molecule has 4 aliphatic rings. The number of piperazine rings is 1. The van der Waals surface area contributed by atoms with Crippen LogP contribution in [0.2, 0.25) is 0 Å². The lowest BCUT2D eigenvalue weighted by atomic mass is 9.82. The number of hydrogen-bond donors (Lipinski definition) is 2. The second-order valence-corrected chi connectivity index (χ2v) is 11.4. The van der Waals surface area contributed by atoms with Crippen LogP contribution in [0.15, 0.2) is 0 Å². The van der Waals surface area contributed by atoms with Gasteiger partial charge in [0, 0.05) is 38.5 Å². The third-order valence-electron chi connectivity index (χ3n) is 7.45. The number of nitrogens with one attached hydrogen (secondary N) is 2. The van der Waals surface area contributed by atoms with Gasteiger partial charge in [0.2, 0.25) is 0 Å². The van der Waals surface area contributed by atoms with Crippen LogP contribution in [0.25, 0.3) is 0 Å². The van der Waals surface area contributed by atoms with Crippen LogP contribution in [0.4, 0.5) is 0 Å². The highest BCUT2D eigenvalue weighted by Crippen LogP contribution is 2.37. The highest BCUT2D eigenvalue weighted by atomic mass is 32.2. The second kappa shape index (κ2) is 7.45. The fraction of sp³-hybridized carbons (Fsp3) is 1.00. The van der Waals surface area contributed by atoms with Gasteiger partial charge in [-0.2, -0.15) is 0 Å². The molecule has 4 rings (SSSR count). The zero-order valence-corrected chi connectivity index (χ0v) is 16.4. The first-order chi connectivity index (χ1) is 12.0. The minimum Gasteiger partial charge on any atom is -0.312 e. The van der Waals surface area contributed by atoms with Gasteiger partial charge in [0.15, 0.2) is 0 Å². The summed E-state index contributed by atoms with van der Waals surface area (Å²) in [5.74, 6) is 2.49. The summed E-state index contributed by atoms with van der Waals surface area (Å²) < 4.78 is 23.6. The van der Waals surface area contributed by atoms with Crippen LogP contribution in [-0.4, -0.2) is 63.2 Å². The van der Waals surface area contributed by atoms with Gasteiger partial charge < -0.3 is 5.32 Å². The smallest absolute Gasteiger partial charge is 0.150 e. The molecule has 0 bridgehead atoms. The van der Waals surface area contributed by atoms with E-state index in [4.69, 9.17) is 0 Å². The molecule has 2 N–H and O–H groups in total. The van der Waals surface area contributed by atoms with Crippen molar-refractivity contribution in [3.05, 3.63) is 0 Å². The van der Waals surface area contributed by atoms with Crippen LogP contribution in [0.5, 0.6) is 0 Å². The van der Waals surface area contributed by atoms with Crippen molar-refractivity contribution in [3.63, 3.8) is 0 Å². The number of nitrogens with zero attached hydrogens (tertiary/aromatic N) is 1. The van der Waals surface area contributed by atoms with E-state index in [1.165, 1.54) is 45.0 Å². The summed E-state index contributed by atoms with van der Waals surface area (Å²) in [6.07, 6.45) is 11.4. The Hall–Kier alpha value is -0.170. The van der Waals surface area contributed by atoms with Crippen LogP contribution in [0.1, 0.15) is 51.4 Å². The van der Waals surface area contributed by atoms with Crippen LogP contribution >= 0.6 is 0 Å². The van der Waals surface area contributed by atoms with E-state index in [1.54, 1.807) is 0 Å². The first kappa shape index (κ1) is 18.2. The van der Waals surface area contributed by atoms with Crippen LogP contribution < -0.4 is 10.6 Å². The van der Waals surface area contributed by atoms with Gasteiger partial charge in [0.25, 0.3) is 0 Å². The van der Waals surface area contributed by atoms with Gasteiger partial charge in [-0.05, 0) is 56.3 Å². The van der Waals surface area contributed by atoms with Crippen molar-refractivity contribution in [3.8, 4) is 0 Å². The number of fused-ring (bicyclic) bond motifs is 1. The normalized spacial score (nSPS) is 43.7. The minimum atomic E-state index is -2.86. The standard InChI is InChI=1S/C19H35N3O2S/c1-25(23,24)17-8-6-14(7-9-17)18-10-20-11-19(21-18)22-12-15-4-2-3-5-16(15)13-22/h14-21H,2-13H2,1H3. The van der Waals surface area contributed by atoms with E-state index in [0.717, 1.165) is 50.6 Å². The number of hydrogen-bond acceptors (Lipinski definition) is 5. The Morgan fingerprint density at radius 1 is 0.840 bits per heavy atom. The fourth-order valence-corrected chi connectivity index (χ4v) is 7.02. The molecule has 4 fully saturated rings. The maximum atomic E-state index is 11.8. The monoisotopic (exact) mass is 369 g/mol. The molecule has 2 aliphatic carbocycles. The SMILES string of the molecule is CS(=O)(=O)C1CCC(C2CNCC(N3CC4CCCCC4C3)N2)CC1. The van der Waals surface area contributed by atoms with Gasteiger partial charge in [0.05, 0.1) is 11.4 Å². The fourth-order valence-electron chi connectivity index (χ4n) is 5.89. The van der Waals surface area contributed by atoms with Crippen LogP contribution in [0, 0.1) is 17.8 Å². The van der Waals surface area contributed by atoms with Gasteiger partial charge in [0.1, 0.15) is 9.84 Å². The molecule has 0 spiro atoms. The molecule has 2 saturated heterocycles. The predicted molar refractivity (Wildman–Crippen MR) is 101 cm³/mol. The van der Waals surface area contributed by atoms with Crippen LogP contribution in [-0.2, 0) is 9.84 Å². The summed E-state index contributed by atoms with van der Waals surface area (Å²) in [5.41, 5.74) is 0. The number of likely N-dealkylation sites (tertiary alicyclic amines) is 1. The van der Waals surface area contributed by atoms with E-state index in [2.05, 4.69) is 15.5 Å². The van der Waals surface area contributed by atoms with Gasteiger partial charge >= 0.3 is 0 Å². The molecule has 144 valence electrons. The summed E-state index contributed by atoms with van der Waals surface area (Å²) in [6.45, 7) is 4.63. The molecular weight excluding hydrogens is 334 g/mol. The summed E-state index contributed by atoms with van der Waals surface area (Å²) in [6, 6.07) is 0.502. The van der Waals surface area contributed by atoms with Gasteiger partial charge in [-0.15, -0.1) is 0 Å².